The van der Waals surface area contributed by atoms with E-state index in [-0.39, 0.29) is 12.2 Å². The van der Waals surface area contributed by atoms with E-state index < -0.39 is 0 Å². The van der Waals surface area contributed by atoms with Crippen LogP contribution in [0.4, 0.5) is 0 Å². The third kappa shape index (κ3) is 3.81. The number of rotatable bonds is 6. The van der Waals surface area contributed by atoms with E-state index in [0.29, 0.717) is 13.2 Å². The van der Waals surface area contributed by atoms with Crippen molar-refractivity contribution in [3.05, 3.63) is 47.5 Å². The summed E-state index contributed by atoms with van der Waals surface area (Å²) in [6, 6.07) is 12.8. The molecular formula is C18H24O2. The van der Waals surface area contributed by atoms with Crippen molar-refractivity contribution in [2.45, 2.75) is 53.1 Å². The molecular weight excluding hydrogens is 248 g/mol. The van der Waals surface area contributed by atoms with Crippen LogP contribution >= 0.6 is 0 Å². The van der Waals surface area contributed by atoms with E-state index in [0.717, 1.165) is 0 Å². The molecule has 0 fully saturated rings. The molecule has 0 aliphatic carbocycles. The Hall–Kier alpha value is -1.38. The molecule has 0 aliphatic rings. The fraction of sp³-hybridized carbons (Fsp3) is 0.444. The Morgan fingerprint density at radius 3 is 2.15 bits per heavy atom. The van der Waals surface area contributed by atoms with Crippen LogP contribution in [-0.4, -0.2) is 12.2 Å². The summed E-state index contributed by atoms with van der Waals surface area (Å²) < 4.78 is 11.6. The van der Waals surface area contributed by atoms with Crippen molar-refractivity contribution in [2.24, 2.45) is 0 Å². The van der Waals surface area contributed by atoms with Crippen molar-refractivity contribution in [1.82, 2.24) is 0 Å². The van der Waals surface area contributed by atoms with E-state index in [9.17, 15) is 0 Å². The monoisotopic (exact) mass is 272 g/mol. The highest BCUT2D eigenvalue weighted by atomic mass is 16.5. The summed E-state index contributed by atoms with van der Waals surface area (Å²) in [7, 11) is 0. The Labute approximate surface area is 121 Å². The molecule has 0 spiro atoms. The van der Waals surface area contributed by atoms with Crippen molar-refractivity contribution in [3.63, 3.8) is 0 Å². The van der Waals surface area contributed by atoms with Gasteiger partial charge >= 0.3 is 0 Å². The van der Waals surface area contributed by atoms with Crippen molar-refractivity contribution in [3.8, 4) is 0 Å². The van der Waals surface area contributed by atoms with Crippen molar-refractivity contribution >= 4 is 10.8 Å². The van der Waals surface area contributed by atoms with Crippen LogP contribution in [0.25, 0.3) is 10.8 Å². The first-order valence-electron chi connectivity index (χ1n) is 7.30. The molecule has 20 heavy (non-hydrogen) atoms. The van der Waals surface area contributed by atoms with Crippen LogP contribution < -0.4 is 0 Å². The van der Waals surface area contributed by atoms with Crippen LogP contribution in [0.3, 0.4) is 0 Å². The summed E-state index contributed by atoms with van der Waals surface area (Å²) >= 11 is 0. The predicted molar refractivity (Wildman–Crippen MR) is 83.8 cm³/mol. The lowest BCUT2D eigenvalue weighted by Crippen LogP contribution is -2.08. The van der Waals surface area contributed by atoms with E-state index >= 15 is 0 Å². The van der Waals surface area contributed by atoms with Gasteiger partial charge in [0.15, 0.2) is 0 Å². The normalized spacial score (nSPS) is 11.7. The minimum Gasteiger partial charge on any atom is -0.374 e. The molecule has 0 atom stereocenters. The summed E-state index contributed by atoms with van der Waals surface area (Å²) in [6.07, 6.45) is 0.466. The molecule has 0 saturated heterocycles. The van der Waals surface area contributed by atoms with Crippen LogP contribution in [0.2, 0.25) is 0 Å². The summed E-state index contributed by atoms with van der Waals surface area (Å²) in [6.45, 7) is 9.52. The Bertz CT molecular complexity index is 558. The number of hydrogen-bond donors (Lipinski definition) is 0. The van der Waals surface area contributed by atoms with Crippen LogP contribution in [0.1, 0.15) is 38.8 Å². The van der Waals surface area contributed by atoms with Crippen LogP contribution in [0.5, 0.6) is 0 Å². The molecule has 0 radical (unpaired) electrons. The average Bonchev–Trinajstić information content (AvgIpc) is 2.42. The van der Waals surface area contributed by atoms with Crippen LogP contribution in [-0.2, 0) is 22.7 Å². The molecule has 0 bridgehead atoms. The van der Waals surface area contributed by atoms with Gasteiger partial charge in [-0.05, 0) is 49.6 Å². The fourth-order valence-electron chi connectivity index (χ4n) is 2.19. The fourth-order valence-corrected chi connectivity index (χ4v) is 2.19. The van der Waals surface area contributed by atoms with E-state index in [1.165, 1.54) is 21.9 Å². The van der Waals surface area contributed by atoms with Gasteiger partial charge in [0.2, 0.25) is 0 Å². The lowest BCUT2D eigenvalue weighted by molar-refractivity contribution is 0.0544. The molecule has 108 valence electrons. The van der Waals surface area contributed by atoms with Gasteiger partial charge < -0.3 is 9.47 Å². The van der Waals surface area contributed by atoms with Crippen LogP contribution in [0, 0.1) is 0 Å². The zero-order valence-corrected chi connectivity index (χ0v) is 12.8. The number of ether oxygens (including phenoxy) is 2. The zero-order chi connectivity index (χ0) is 14.5. The quantitative estimate of drug-likeness (QED) is 0.759. The first-order chi connectivity index (χ1) is 9.58. The highest BCUT2D eigenvalue weighted by Gasteiger charge is 2.09. The molecule has 0 saturated carbocycles. The Morgan fingerprint density at radius 1 is 0.800 bits per heavy atom. The first-order valence-corrected chi connectivity index (χ1v) is 7.30. The molecule has 0 heterocycles. The largest absolute Gasteiger partial charge is 0.374 e. The molecule has 2 aromatic carbocycles. The summed E-state index contributed by atoms with van der Waals surface area (Å²) in [5.74, 6) is 0. The van der Waals surface area contributed by atoms with Gasteiger partial charge in [-0.15, -0.1) is 0 Å². The molecule has 0 N–H and O–H groups in total. The van der Waals surface area contributed by atoms with Gasteiger partial charge in [-0.2, -0.15) is 0 Å². The maximum absolute atomic E-state index is 5.83. The molecule has 2 heteroatoms. The Morgan fingerprint density at radius 2 is 1.45 bits per heavy atom. The maximum Gasteiger partial charge on any atom is 0.0729 e. The lowest BCUT2D eigenvalue weighted by atomic mass is 9.99. The van der Waals surface area contributed by atoms with E-state index in [1.807, 2.05) is 0 Å². The third-order valence-electron chi connectivity index (χ3n) is 3.27. The number of hydrogen-bond acceptors (Lipinski definition) is 2. The summed E-state index contributed by atoms with van der Waals surface area (Å²) in [5, 5.41) is 2.51. The minimum atomic E-state index is 0.229. The summed E-state index contributed by atoms with van der Waals surface area (Å²) in [5.41, 5.74) is 2.47. The SMILES string of the molecule is CC(C)OCc1ccc2ccccc2c1COC(C)C. The van der Waals surface area contributed by atoms with E-state index in [4.69, 9.17) is 9.47 Å². The van der Waals surface area contributed by atoms with Gasteiger partial charge in [-0.3, -0.25) is 0 Å². The second-order valence-corrected chi connectivity index (χ2v) is 5.64. The van der Waals surface area contributed by atoms with Gasteiger partial charge in [0, 0.05) is 0 Å². The second kappa shape index (κ2) is 6.87. The van der Waals surface area contributed by atoms with Gasteiger partial charge in [0.05, 0.1) is 25.4 Å². The molecule has 0 amide bonds. The minimum absolute atomic E-state index is 0.229. The Kier molecular flexibility index (Phi) is 5.16. The van der Waals surface area contributed by atoms with Gasteiger partial charge in [0.1, 0.15) is 0 Å². The lowest BCUT2D eigenvalue weighted by Gasteiger charge is -2.16. The maximum atomic E-state index is 5.83. The molecule has 0 unspecified atom stereocenters. The molecule has 0 aliphatic heterocycles. The number of benzene rings is 2. The highest BCUT2D eigenvalue weighted by molar-refractivity contribution is 5.86. The van der Waals surface area contributed by atoms with Crippen molar-refractivity contribution < 1.29 is 9.47 Å². The third-order valence-corrected chi connectivity index (χ3v) is 3.27. The highest BCUT2D eigenvalue weighted by Crippen LogP contribution is 2.24. The second-order valence-electron chi connectivity index (χ2n) is 5.64. The number of fused-ring (bicyclic) bond motifs is 1. The van der Waals surface area contributed by atoms with Gasteiger partial charge in [-0.25, -0.2) is 0 Å². The smallest absolute Gasteiger partial charge is 0.0729 e. The van der Waals surface area contributed by atoms with E-state index in [2.05, 4.69) is 64.1 Å². The van der Waals surface area contributed by atoms with Crippen molar-refractivity contribution in [1.29, 1.82) is 0 Å². The zero-order valence-electron chi connectivity index (χ0n) is 12.8. The van der Waals surface area contributed by atoms with Gasteiger partial charge in [-0.1, -0.05) is 36.4 Å². The predicted octanol–water partition coefficient (Wildman–Crippen LogP) is 4.69. The molecule has 2 nitrogen and oxygen atoms in total. The molecule has 2 aromatic rings. The average molecular weight is 272 g/mol. The van der Waals surface area contributed by atoms with Crippen molar-refractivity contribution in [2.75, 3.05) is 0 Å². The topological polar surface area (TPSA) is 18.5 Å². The Balaban J connectivity index is 2.36. The standard InChI is InChI=1S/C18H24O2/c1-13(2)19-11-16-10-9-15-7-5-6-8-17(15)18(16)12-20-14(3)4/h5-10,13-14H,11-12H2,1-4H3. The van der Waals surface area contributed by atoms with E-state index in [1.54, 1.807) is 0 Å². The molecule has 0 aromatic heterocycles. The van der Waals surface area contributed by atoms with Crippen LogP contribution in [0.15, 0.2) is 36.4 Å². The van der Waals surface area contributed by atoms with Gasteiger partial charge in [0.25, 0.3) is 0 Å². The first kappa shape index (κ1) is 15.0. The summed E-state index contributed by atoms with van der Waals surface area (Å²) in [4.78, 5) is 0. The molecule has 2 rings (SSSR count).